The third-order valence-electron chi connectivity index (χ3n) is 2.90. The molecule has 0 saturated heterocycles. The molecule has 0 atom stereocenters. The molecular formula is C13H19N5O2. The number of fused-ring (bicyclic) bond motifs is 1. The van der Waals surface area contributed by atoms with Crippen LogP contribution in [0.5, 0.6) is 0 Å². The quantitative estimate of drug-likeness (QED) is 0.869. The molecule has 0 aliphatic carbocycles. The molecule has 7 nitrogen and oxygen atoms in total. The maximum Gasteiger partial charge on any atom is 0.280 e. The summed E-state index contributed by atoms with van der Waals surface area (Å²) < 4.78 is 1.81. The molecule has 0 bridgehead atoms. The summed E-state index contributed by atoms with van der Waals surface area (Å²) in [6, 6.07) is 0. The number of nitrogens with one attached hydrogen (secondary N) is 2. The van der Waals surface area contributed by atoms with Gasteiger partial charge in [0.25, 0.3) is 5.56 Å². The Kier molecular flexibility index (Phi) is 3.37. The lowest BCUT2D eigenvalue weighted by atomic mass is 10.1. The normalized spacial score (nSPS) is 12.1. The van der Waals surface area contributed by atoms with E-state index >= 15 is 0 Å². The first-order chi connectivity index (χ1) is 9.20. The van der Waals surface area contributed by atoms with Gasteiger partial charge in [-0.1, -0.05) is 13.8 Å². The van der Waals surface area contributed by atoms with Crippen molar-refractivity contribution in [1.82, 2.24) is 19.5 Å². The van der Waals surface area contributed by atoms with E-state index in [2.05, 4.69) is 20.3 Å². The van der Waals surface area contributed by atoms with Crippen LogP contribution in [0.1, 0.15) is 34.6 Å². The Morgan fingerprint density at radius 3 is 2.60 bits per heavy atom. The van der Waals surface area contributed by atoms with Gasteiger partial charge in [0.2, 0.25) is 11.9 Å². The van der Waals surface area contributed by atoms with E-state index in [4.69, 9.17) is 0 Å². The fraction of sp³-hybridized carbons (Fsp3) is 0.538. The van der Waals surface area contributed by atoms with Crippen LogP contribution in [0.3, 0.4) is 0 Å². The van der Waals surface area contributed by atoms with Gasteiger partial charge < -0.3 is 4.57 Å². The van der Waals surface area contributed by atoms with Gasteiger partial charge in [-0.3, -0.25) is 19.9 Å². The second-order valence-corrected chi connectivity index (χ2v) is 6.02. The number of H-pyrrole nitrogens is 1. The summed E-state index contributed by atoms with van der Waals surface area (Å²) in [5, 5.41) is 2.60. The highest BCUT2D eigenvalue weighted by atomic mass is 16.2. The lowest BCUT2D eigenvalue weighted by Crippen LogP contribution is -2.24. The van der Waals surface area contributed by atoms with Crippen molar-refractivity contribution in [2.45, 2.75) is 40.2 Å². The molecule has 0 saturated carbocycles. The van der Waals surface area contributed by atoms with Crippen LogP contribution in [0, 0.1) is 5.92 Å². The van der Waals surface area contributed by atoms with Crippen molar-refractivity contribution in [2.24, 2.45) is 5.92 Å². The molecule has 0 aliphatic rings. The van der Waals surface area contributed by atoms with Crippen molar-refractivity contribution < 1.29 is 4.79 Å². The maximum atomic E-state index is 12.0. The van der Waals surface area contributed by atoms with Gasteiger partial charge in [0.05, 0.1) is 6.33 Å². The van der Waals surface area contributed by atoms with Crippen LogP contribution in [-0.4, -0.2) is 25.4 Å². The van der Waals surface area contributed by atoms with Crippen LogP contribution >= 0.6 is 0 Å². The molecular weight excluding hydrogens is 258 g/mol. The SMILES string of the molecule is CC(C)C(=O)Nc1nc2c(ncn2C(C)(C)C)c(=O)[nH]1. The number of hydrogen-bond donors (Lipinski definition) is 2. The fourth-order valence-corrected chi connectivity index (χ4v) is 1.72. The lowest BCUT2D eigenvalue weighted by molar-refractivity contribution is -0.118. The molecule has 0 aliphatic heterocycles. The molecule has 2 N–H and O–H groups in total. The predicted molar refractivity (Wildman–Crippen MR) is 76.6 cm³/mol. The van der Waals surface area contributed by atoms with Gasteiger partial charge in [-0.25, -0.2) is 4.98 Å². The standard InChI is InChI=1S/C13H19N5O2/c1-7(2)10(19)16-12-15-9-8(11(20)17-12)14-6-18(9)13(3,4)5/h6-7H,1-5H3,(H2,15,16,17,19,20). The lowest BCUT2D eigenvalue weighted by Gasteiger charge is -2.20. The Hall–Kier alpha value is -2.18. The summed E-state index contributed by atoms with van der Waals surface area (Å²) in [6.45, 7) is 9.51. The highest BCUT2D eigenvalue weighted by molar-refractivity contribution is 5.91. The van der Waals surface area contributed by atoms with E-state index in [-0.39, 0.29) is 34.4 Å². The zero-order valence-corrected chi connectivity index (χ0v) is 12.3. The Balaban J connectivity index is 2.55. The number of amides is 1. The van der Waals surface area contributed by atoms with Crippen LogP contribution in [-0.2, 0) is 10.3 Å². The first-order valence-electron chi connectivity index (χ1n) is 6.49. The average Bonchev–Trinajstić information content (AvgIpc) is 2.72. The van der Waals surface area contributed by atoms with Gasteiger partial charge in [0.1, 0.15) is 0 Å². The minimum atomic E-state index is -0.364. The van der Waals surface area contributed by atoms with Gasteiger partial charge in [0.15, 0.2) is 11.2 Å². The highest BCUT2D eigenvalue weighted by Crippen LogP contribution is 2.19. The Labute approximate surface area is 116 Å². The van der Waals surface area contributed by atoms with Crippen LogP contribution in [0.15, 0.2) is 11.1 Å². The molecule has 2 aromatic rings. The summed E-state index contributed by atoms with van der Waals surface area (Å²) in [7, 11) is 0. The molecule has 2 rings (SSSR count). The van der Waals surface area contributed by atoms with E-state index in [0.29, 0.717) is 5.65 Å². The van der Waals surface area contributed by atoms with E-state index in [1.165, 1.54) is 0 Å². The minimum Gasteiger partial charge on any atom is -0.310 e. The summed E-state index contributed by atoms with van der Waals surface area (Å²) in [4.78, 5) is 34.6. The van der Waals surface area contributed by atoms with Gasteiger partial charge in [-0.15, -0.1) is 0 Å². The summed E-state index contributed by atoms with van der Waals surface area (Å²) >= 11 is 0. The molecule has 108 valence electrons. The molecule has 0 fully saturated rings. The number of carbonyl (C=O) groups excluding carboxylic acids is 1. The maximum absolute atomic E-state index is 12.0. The van der Waals surface area contributed by atoms with Gasteiger partial charge in [0, 0.05) is 11.5 Å². The number of anilines is 1. The largest absolute Gasteiger partial charge is 0.310 e. The van der Waals surface area contributed by atoms with Crippen molar-refractivity contribution in [3.63, 3.8) is 0 Å². The van der Waals surface area contributed by atoms with Gasteiger partial charge >= 0.3 is 0 Å². The molecule has 0 unspecified atom stereocenters. The molecule has 0 aromatic carbocycles. The minimum absolute atomic E-state index is 0.146. The van der Waals surface area contributed by atoms with Crippen molar-refractivity contribution in [1.29, 1.82) is 0 Å². The van der Waals surface area contributed by atoms with Gasteiger partial charge in [-0.2, -0.15) is 4.98 Å². The van der Waals surface area contributed by atoms with Crippen LogP contribution in [0.25, 0.3) is 11.2 Å². The van der Waals surface area contributed by atoms with E-state index in [1.807, 2.05) is 25.3 Å². The van der Waals surface area contributed by atoms with E-state index < -0.39 is 0 Å². The molecule has 1 amide bonds. The summed E-state index contributed by atoms with van der Waals surface area (Å²) in [5.74, 6) is -0.245. The van der Waals surface area contributed by atoms with Crippen molar-refractivity contribution in [3.05, 3.63) is 16.7 Å². The first kappa shape index (κ1) is 14.2. The number of nitrogens with zero attached hydrogens (tertiary/aromatic N) is 3. The Bertz CT molecular complexity index is 706. The smallest absolute Gasteiger partial charge is 0.280 e. The number of aromatic amines is 1. The zero-order valence-electron chi connectivity index (χ0n) is 12.3. The summed E-state index contributed by atoms with van der Waals surface area (Å²) in [5.41, 5.74) is 0.106. The molecule has 7 heteroatoms. The van der Waals surface area contributed by atoms with Crippen molar-refractivity contribution in [2.75, 3.05) is 5.32 Å². The summed E-state index contributed by atoms with van der Waals surface area (Å²) in [6.07, 6.45) is 1.58. The Morgan fingerprint density at radius 1 is 1.40 bits per heavy atom. The molecule has 2 heterocycles. The van der Waals surface area contributed by atoms with E-state index in [0.717, 1.165) is 0 Å². The number of rotatable bonds is 2. The van der Waals surface area contributed by atoms with Crippen molar-refractivity contribution >= 4 is 23.0 Å². The fourth-order valence-electron chi connectivity index (χ4n) is 1.72. The third-order valence-corrected chi connectivity index (χ3v) is 2.90. The highest BCUT2D eigenvalue weighted by Gasteiger charge is 2.20. The van der Waals surface area contributed by atoms with Crippen LogP contribution in [0.2, 0.25) is 0 Å². The number of imidazole rings is 1. The third kappa shape index (κ3) is 2.56. The van der Waals surface area contributed by atoms with E-state index in [9.17, 15) is 9.59 Å². The molecule has 2 aromatic heterocycles. The van der Waals surface area contributed by atoms with Crippen LogP contribution in [0.4, 0.5) is 5.95 Å². The molecule has 20 heavy (non-hydrogen) atoms. The number of hydrogen-bond acceptors (Lipinski definition) is 4. The monoisotopic (exact) mass is 277 g/mol. The average molecular weight is 277 g/mol. The van der Waals surface area contributed by atoms with Gasteiger partial charge in [-0.05, 0) is 20.8 Å². The van der Waals surface area contributed by atoms with Crippen molar-refractivity contribution in [3.8, 4) is 0 Å². The second kappa shape index (κ2) is 4.73. The topological polar surface area (TPSA) is 92.7 Å². The Morgan fingerprint density at radius 2 is 2.05 bits per heavy atom. The molecule has 0 spiro atoms. The zero-order chi connectivity index (χ0) is 15.1. The number of carbonyl (C=O) groups is 1. The van der Waals surface area contributed by atoms with Crippen LogP contribution < -0.4 is 10.9 Å². The first-order valence-corrected chi connectivity index (χ1v) is 6.49. The number of aromatic nitrogens is 4. The predicted octanol–water partition coefficient (Wildman–Crippen LogP) is 1.47. The molecule has 0 radical (unpaired) electrons. The second-order valence-electron chi connectivity index (χ2n) is 6.02. The van der Waals surface area contributed by atoms with E-state index in [1.54, 1.807) is 20.2 Å².